The molecule has 0 aliphatic carbocycles. The Morgan fingerprint density at radius 1 is 1.41 bits per heavy atom. The van der Waals surface area contributed by atoms with Gasteiger partial charge in [-0.15, -0.1) is 0 Å². The normalized spacial score (nSPS) is 17.5. The second-order valence-electron chi connectivity index (χ2n) is 4.27. The maximum Gasteiger partial charge on any atom is 0.133 e. The fraction of sp³-hybridized carbons (Fsp3) is 0.692. The Hall–Kier alpha value is -0.840. The van der Waals surface area contributed by atoms with E-state index >= 15 is 0 Å². The van der Waals surface area contributed by atoms with Gasteiger partial charge in [0.1, 0.15) is 12.4 Å². The lowest BCUT2D eigenvalue weighted by Crippen LogP contribution is -2.23. The van der Waals surface area contributed by atoms with E-state index in [0.29, 0.717) is 12.7 Å². The fourth-order valence-electron chi connectivity index (χ4n) is 1.95. The summed E-state index contributed by atoms with van der Waals surface area (Å²) in [6.45, 7) is 6.10. The summed E-state index contributed by atoms with van der Waals surface area (Å²) < 4.78 is 16.6. The summed E-state index contributed by atoms with van der Waals surface area (Å²) in [5.41, 5.74) is 1.19. The summed E-state index contributed by atoms with van der Waals surface area (Å²) in [4.78, 5) is 0. The zero-order valence-corrected chi connectivity index (χ0v) is 10.4. The van der Waals surface area contributed by atoms with Crippen LogP contribution in [0.2, 0.25) is 0 Å². The van der Waals surface area contributed by atoms with Crippen LogP contribution in [0, 0.1) is 0 Å². The van der Waals surface area contributed by atoms with Gasteiger partial charge in [-0.05, 0) is 25.5 Å². The van der Waals surface area contributed by atoms with Gasteiger partial charge in [0.25, 0.3) is 0 Å². The number of hydrogen-bond donors (Lipinski definition) is 1. The van der Waals surface area contributed by atoms with Crippen molar-refractivity contribution in [3.63, 3.8) is 0 Å². The molecule has 1 aromatic rings. The van der Waals surface area contributed by atoms with E-state index in [1.807, 2.05) is 6.07 Å². The van der Waals surface area contributed by atoms with E-state index in [4.69, 9.17) is 13.9 Å². The fourth-order valence-corrected chi connectivity index (χ4v) is 1.95. The number of nitrogens with one attached hydrogen (secondary N) is 1. The molecule has 1 aliphatic heterocycles. The summed E-state index contributed by atoms with van der Waals surface area (Å²) in [5, 5.41) is 3.29. The molecule has 1 N–H and O–H groups in total. The zero-order chi connectivity index (χ0) is 11.9. The molecule has 0 saturated carbocycles. The molecule has 0 aromatic carbocycles. The highest BCUT2D eigenvalue weighted by Gasteiger charge is 2.15. The smallest absolute Gasteiger partial charge is 0.133 e. The first kappa shape index (κ1) is 12.6. The van der Waals surface area contributed by atoms with Crippen molar-refractivity contribution >= 4 is 0 Å². The average Bonchev–Trinajstić information content (AvgIpc) is 2.82. The van der Waals surface area contributed by atoms with Crippen molar-refractivity contribution < 1.29 is 13.9 Å². The van der Waals surface area contributed by atoms with Crippen molar-refractivity contribution in [2.75, 3.05) is 19.8 Å². The number of rotatable bonds is 6. The molecule has 2 heterocycles. The topological polar surface area (TPSA) is 43.6 Å². The highest BCUT2D eigenvalue weighted by molar-refractivity contribution is 5.16. The molecule has 96 valence electrons. The monoisotopic (exact) mass is 239 g/mol. The molecule has 1 aromatic heterocycles. The molecule has 0 unspecified atom stereocenters. The number of hydrogen-bond acceptors (Lipinski definition) is 4. The Morgan fingerprint density at radius 2 is 2.24 bits per heavy atom. The molecule has 0 radical (unpaired) electrons. The van der Waals surface area contributed by atoms with E-state index in [1.165, 1.54) is 5.56 Å². The Bertz CT molecular complexity index is 318. The van der Waals surface area contributed by atoms with Gasteiger partial charge in [-0.2, -0.15) is 0 Å². The highest BCUT2D eigenvalue weighted by Crippen LogP contribution is 2.16. The Morgan fingerprint density at radius 3 is 3.00 bits per heavy atom. The van der Waals surface area contributed by atoms with E-state index in [0.717, 1.165) is 44.9 Å². The van der Waals surface area contributed by atoms with Crippen molar-refractivity contribution in [3.8, 4) is 0 Å². The second-order valence-corrected chi connectivity index (χ2v) is 4.27. The molecule has 1 saturated heterocycles. The van der Waals surface area contributed by atoms with Crippen LogP contribution in [0.3, 0.4) is 0 Å². The standard InChI is InChI=1S/C13H21NO3/c1-2-14-9-11-3-8-16-13(11)10-17-12-4-6-15-7-5-12/h3,8,12,14H,2,4-7,9-10H2,1H3. The number of ether oxygens (including phenoxy) is 2. The van der Waals surface area contributed by atoms with Gasteiger partial charge in [-0.3, -0.25) is 0 Å². The van der Waals surface area contributed by atoms with Crippen molar-refractivity contribution in [2.24, 2.45) is 0 Å². The quantitative estimate of drug-likeness (QED) is 0.825. The van der Waals surface area contributed by atoms with E-state index in [2.05, 4.69) is 12.2 Å². The van der Waals surface area contributed by atoms with Crippen molar-refractivity contribution in [1.29, 1.82) is 0 Å². The summed E-state index contributed by atoms with van der Waals surface area (Å²) >= 11 is 0. The van der Waals surface area contributed by atoms with Gasteiger partial charge in [-0.25, -0.2) is 0 Å². The van der Waals surface area contributed by atoms with E-state index < -0.39 is 0 Å². The molecule has 0 bridgehead atoms. The van der Waals surface area contributed by atoms with Gasteiger partial charge >= 0.3 is 0 Å². The van der Waals surface area contributed by atoms with Gasteiger partial charge in [0.2, 0.25) is 0 Å². The molecule has 0 amide bonds. The Balaban J connectivity index is 1.79. The van der Waals surface area contributed by atoms with Crippen LogP contribution in [0.25, 0.3) is 0 Å². The first-order chi connectivity index (χ1) is 8.40. The van der Waals surface area contributed by atoms with Crippen molar-refractivity contribution in [3.05, 3.63) is 23.7 Å². The molecule has 17 heavy (non-hydrogen) atoms. The predicted octanol–water partition coefficient (Wildman–Crippen LogP) is 2.08. The van der Waals surface area contributed by atoms with E-state index in [9.17, 15) is 0 Å². The highest BCUT2D eigenvalue weighted by atomic mass is 16.5. The van der Waals surface area contributed by atoms with E-state index in [1.54, 1.807) is 6.26 Å². The van der Waals surface area contributed by atoms with Gasteiger partial charge in [0.15, 0.2) is 0 Å². The predicted molar refractivity (Wildman–Crippen MR) is 64.7 cm³/mol. The van der Waals surface area contributed by atoms with Crippen LogP contribution in [0.1, 0.15) is 31.1 Å². The minimum absolute atomic E-state index is 0.320. The third-order valence-electron chi connectivity index (χ3n) is 3.02. The molecule has 2 rings (SSSR count). The minimum atomic E-state index is 0.320. The average molecular weight is 239 g/mol. The van der Waals surface area contributed by atoms with E-state index in [-0.39, 0.29) is 0 Å². The van der Waals surface area contributed by atoms with Crippen LogP contribution in [0.4, 0.5) is 0 Å². The molecule has 4 nitrogen and oxygen atoms in total. The Labute approximate surface area is 102 Å². The molecular formula is C13H21NO3. The molecule has 4 heteroatoms. The van der Waals surface area contributed by atoms with Gasteiger partial charge in [-0.1, -0.05) is 6.92 Å². The van der Waals surface area contributed by atoms with Gasteiger partial charge in [0.05, 0.1) is 12.4 Å². The largest absolute Gasteiger partial charge is 0.467 e. The van der Waals surface area contributed by atoms with Crippen LogP contribution < -0.4 is 5.32 Å². The van der Waals surface area contributed by atoms with Crippen LogP contribution in [0.5, 0.6) is 0 Å². The molecule has 1 aliphatic rings. The van der Waals surface area contributed by atoms with Crippen LogP contribution in [0.15, 0.2) is 16.7 Å². The first-order valence-electron chi connectivity index (χ1n) is 6.35. The lowest BCUT2D eigenvalue weighted by atomic mass is 10.1. The zero-order valence-electron chi connectivity index (χ0n) is 10.4. The summed E-state index contributed by atoms with van der Waals surface area (Å²) in [6, 6.07) is 2.01. The first-order valence-corrected chi connectivity index (χ1v) is 6.35. The molecule has 0 spiro atoms. The van der Waals surface area contributed by atoms with Crippen LogP contribution in [-0.4, -0.2) is 25.9 Å². The van der Waals surface area contributed by atoms with Gasteiger partial charge in [0, 0.05) is 25.3 Å². The van der Waals surface area contributed by atoms with Gasteiger partial charge < -0.3 is 19.2 Å². The minimum Gasteiger partial charge on any atom is -0.467 e. The molecule has 1 fully saturated rings. The summed E-state index contributed by atoms with van der Waals surface area (Å²) in [6.07, 6.45) is 4.03. The van der Waals surface area contributed by atoms with Crippen molar-refractivity contribution in [1.82, 2.24) is 5.32 Å². The summed E-state index contributed by atoms with van der Waals surface area (Å²) in [5.74, 6) is 0.942. The lowest BCUT2D eigenvalue weighted by Gasteiger charge is -2.22. The van der Waals surface area contributed by atoms with Crippen LogP contribution >= 0.6 is 0 Å². The molecular weight excluding hydrogens is 218 g/mol. The molecule has 0 atom stereocenters. The second kappa shape index (κ2) is 6.79. The third kappa shape index (κ3) is 3.84. The van der Waals surface area contributed by atoms with Crippen molar-refractivity contribution in [2.45, 2.75) is 39.0 Å². The number of furan rings is 1. The van der Waals surface area contributed by atoms with Crippen LogP contribution in [-0.2, 0) is 22.6 Å². The summed E-state index contributed by atoms with van der Waals surface area (Å²) in [7, 11) is 0. The third-order valence-corrected chi connectivity index (χ3v) is 3.02. The Kier molecular flexibility index (Phi) is 5.04. The maximum atomic E-state index is 5.85. The SMILES string of the molecule is CCNCc1ccoc1COC1CCOCC1. The lowest BCUT2D eigenvalue weighted by molar-refractivity contribution is -0.0436. The maximum absolute atomic E-state index is 5.85.